The number of H-pyrrole nitrogens is 1. The van der Waals surface area contributed by atoms with Crippen LogP contribution in [0.2, 0.25) is 0 Å². The lowest BCUT2D eigenvalue weighted by Gasteiger charge is -2.19. The first-order valence-electron chi connectivity index (χ1n) is 20.7. The number of nitrogens with one attached hydrogen (secondary N) is 1. The van der Waals surface area contributed by atoms with Crippen molar-refractivity contribution < 1.29 is 19.1 Å². The van der Waals surface area contributed by atoms with Crippen molar-refractivity contribution in [2.75, 3.05) is 18.0 Å². The number of Topliss-reactive ketones (excluding diaryl/α,β-unsaturated/α-hetero) is 2. The summed E-state index contributed by atoms with van der Waals surface area (Å²) in [7, 11) is 0. The molecule has 3 heterocycles. The molecule has 5 aromatic rings. The molecule has 0 fully saturated rings. The monoisotopic (exact) mass is 868 g/mol. The first-order valence-corrected chi connectivity index (χ1v) is 20.7. The van der Waals surface area contributed by atoms with Crippen LogP contribution in [0.3, 0.4) is 0 Å². The fraction of sp³-hybridized carbons (Fsp3) is 0.444. The average molecular weight is 870 g/mol. The molecule has 62 heavy (non-hydrogen) atoms. The Kier molecular flexibility index (Phi) is 24.1. The number of aryl methyl sites for hydroxylation is 5. The van der Waals surface area contributed by atoms with Crippen molar-refractivity contribution in [2.24, 2.45) is 5.11 Å². The highest BCUT2D eigenvalue weighted by molar-refractivity contribution is 5.85. The number of hydrogen-bond donors (Lipinski definition) is 3. The zero-order chi connectivity index (χ0) is 44.3. The maximum atomic E-state index is 12.1. The number of terminal acetylenes is 1. The Morgan fingerprint density at radius 3 is 2.02 bits per heavy atom. The molecule has 0 saturated carbocycles. The molecule has 0 unspecified atom stereocenters. The summed E-state index contributed by atoms with van der Waals surface area (Å²) in [5, 5.41) is 11.5. The molecule has 0 bridgehead atoms. The van der Waals surface area contributed by atoms with Crippen molar-refractivity contribution in [3.63, 3.8) is 0 Å². The molecule has 17 heteroatoms. The Hall–Kier alpha value is -6.43. The molecule has 0 spiro atoms. The van der Waals surface area contributed by atoms with Crippen LogP contribution in [0.15, 0.2) is 84.4 Å². The minimum absolute atomic E-state index is 0. The highest BCUT2D eigenvalue weighted by atomic mass is 35.5. The van der Waals surface area contributed by atoms with E-state index in [0.717, 1.165) is 81.3 Å². The number of imidazole rings is 2. The number of nitrogens with zero attached hydrogens (tertiary/aromatic N) is 9. The van der Waals surface area contributed by atoms with E-state index in [9.17, 15) is 14.4 Å². The van der Waals surface area contributed by atoms with Gasteiger partial charge in [0.25, 0.3) is 0 Å². The van der Waals surface area contributed by atoms with E-state index in [1.54, 1.807) is 37.8 Å². The largest absolute Gasteiger partial charge is 0.443 e. The minimum Gasteiger partial charge on any atom is -0.443 e. The van der Waals surface area contributed by atoms with Gasteiger partial charge in [0.15, 0.2) is 11.7 Å². The third kappa shape index (κ3) is 22.3. The number of aromatic nitrogens is 7. The van der Waals surface area contributed by atoms with Crippen LogP contribution in [0.25, 0.3) is 10.4 Å². The van der Waals surface area contributed by atoms with Crippen LogP contribution in [0, 0.1) is 12.3 Å². The number of carbonyl (C=O) groups excluding carboxylic acids is 3. The average Bonchev–Trinajstić information content (AvgIpc) is 3.97. The van der Waals surface area contributed by atoms with Crippen LogP contribution in [0.4, 0.5) is 16.7 Å². The normalized spacial score (nSPS) is 10.4. The van der Waals surface area contributed by atoms with Crippen molar-refractivity contribution in [1.82, 2.24) is 34.5 Å². The molecule has 0 atom stereocenters. The predicted molar refractivity (Wildman–Crippen MR) is 244 cm³/mol. The molecule has 0 radical (unpaired) electrons. The van der Waals surface area contributed by atoms with Crippen molar-refractivity contribution in [3.8, 4) is 12.3 Å². The van der Waals surface area contributed by atoms with Gasteiger partial charge in [-0.3, -0.25) is 9.59 Å². The summed E-state index contributed by atoms with van der Waals surface area (Å²) < 4.78 is 8.08. The summed E-state index contributed by atoms with van der Waals surface area (Å²) in [6.07, 6.45) is 21.5. The van der Waals surface area contributed by atoms with Gasteiger partial charge in [0.05, 0.1) is 24.1 Å². The molecule has 16 nitrogen and oxygen atoms in total. The van der Waals surface area contributed by atoms with Gasteiger partial charge in [0.1, 0.15) is 17.9 Å². The number of ether oxygens (including phenoxy) is 1. The third-order valence-corrected chi connectivity index (χ3v) is 8.92. The van der Waals surface area contributed by atoms with Gasteiger partial charge < -0.3 is 21.2 Å². The number of ketones is 2. The Bertz CT molecular complexity index is 2150. The van der Waals surface area contributed by atoms with Crippen molar-refractivity contribution >= 4 is 42.0 Å². The maximum absolute atomic E-state index is 12.1. The molecule has 0 aliphatic carbocycles. The third-order valence-electron chi connectivity index (χ3n) is 8.92. The van der Waals surface area contributed by atoms with Crippen molar-refractivity contribution in [3.05, 3.63) is 118 Å². The lowest BCUT2D eigenvalue weighted by molar-refractivity contribution is -0.120. The number of nitrogens with two attached hydrogens (primary N) is 2. The van der Waals surface area contributed by atoms with E-state index in [4.69, 9.17) is 28.2 Å². The van der Waals surface area contributed by atoms with Crippen LogP contribution in [0.5, 0.6) is 0 Å². The van der Waals surface area contributed by atoms with Crippen LogP contribution >= 0.6 is 12.4 Å². The number of unbranched alkanes of at least 4 members (excludes halogenated alkanes) is 3. The van der Waals surface area contributed by atoms with Gasteiger partial charge in [-0.1, -0.05) is 71.0 Å². The molecular weight excluding hydrogens is 808 g/mol. The highest BCUT2D eigenvalue weighted by Crippen LogP contribution is 2.14. The van der Waals surface area contributed by atoms with Crippen LogP contribution < -0.4 is 11.5 Å². The fourth-order valence-corrected chi connectivity index (χ4v) is 5.93. The zero-order valence-electron chi connectivity index (χ0n) is 36.1. The number of aromatic amines is 1. The lowest BCUT2D eigenvalue weighted by atomic mass is 10.1. The predicted octanol–water partition coefficient (Wildman–Crippen LogP) is 8.65. The summed E-state index contributed by atoms with van der Waals surface area (Å²) in [6, 6.07) is 20.6. The van der Waals surface area contributed by atoms with Crippen LogP contribution in [-0.4, -0.2) is 64.3 Å². The maximum Gasteiger partial charge on any atom is 0.421 e. The van der Waals surface area contributed by atoms with E-state index in [1.165, 1.54) is 15.7 Å². The fourth-order valence-electron chi connectivity index (χ4n) is 5.93. The van der Waals surface area contributed by atoms with E-state index in [0.29, 0.717) is 38.2 Å². The van der Waals surface area contributed by atoms with Gasteiger partial charge in [-0.25, -0.2) is 24.0 Å². The SMILES string of the molecule is C#CCCCc1cn(C(=O)OC(C)(C)C)c(N)n1.Cl.Nc1ncc(CCCc2cn(CC(=O)CCCCc3ccccc3)nn2)[nH]1.[N-]=[N+]=NCC(=O)CCCCc1ccccc1. The van der Waals surface area contributed by atoms with Gasteiger partial charge >= 0.3 is 6.09 Å². The second-order valence-electron chi connectivity index (χ2n) is 15.4. The molecule has 0 saturated heterocycles. The molecule has 0 aliphatic rings. The Labute approximate surface area is 370 Å². The first-order chi connectivity index (χ1) is 29.3. The topological polar surface area (TPSA) is 238 Å². The van der Waals surface area contributed by atoms with E-state index in [1.807, 2.05) is 42.6 Å². The van der Waals surface area contributed by atoms with Gasteiger partial charge in [0, 0.05) is 42.3 Å². The number of carbonyl (C=O) groups is 3. The Balaban J connectivity index is 0.000000333. The summed E-state index contributed by atoms with van der Waals surface area (Å²) in [4.78, 5) is 48.7. The summed E-state index contributed by atoms with van der Waals surface area (Å²) in [5.41, 5.74) is 24.0. The van der Waals surface area contributed by atoms with E-state index in [2.05, 4.69) is 65.5 Å². The number of nitrogen functional groups attached to an aromatic ring is 2. The number of azide groups is 1. The minimum atomic E-state index is -0.558. The van der Waals surface area contributed by atoms with Crippen LogP contribution in [-0.2, 0) is 53.0 Å². The van der Waals surface area contributed by atoms with Gasteiger partial charge in [-0.2, -0.15) is 0 Å². The molecule has 332 valence electrons. The second-order valence-corrected chi connectivity index (χ2v) is 15.4. The van der Waals surface area contributed by atoms with Gasteiger partial charge in [0.2, 0.25) is 5.95 Å². The smallest absolute Gasteiger partial charge is 0.421 e. The standard InChI is InChI=1S/C20H26N6O.C13H19N3O2.C12H15N3O.ClH/c21-20-22-13-17(23-20)10-6-11-18-14-26(25-24-18)15-19(27)12-5-4-9-16-7-2-1-3-8-16;1-5-6-7-8-10-9-16(11(14)15-10)12(17)18-13(2,3)4;13-15-14-10-12(16)9-5-4-8-11-6-2-1-3-7-11;/h1-3,7-8,13-14H,4-6,9-12,15H2,(H3,21,22,23);1,9H,6-8H2,2-4H3,(H2,14,15);1-3,6-7H,4-5,8-10H2;1H. The molecule has 0 amide bonds. The summed E-state index contributed by atoms with van der Waals surface area (Å²) in [6.45, 7) is 5.68. The molecule has 2 aromatic carbocycles. The van der Waals surface area contributed by atoms with Crippen molar-refractivity contribution in [2.45, 2.75) is 123 Å². The van der Waals surface area contributed by atoms with Gasteiger partial charge in [-0.05, 0) is 108 Å². The lowest BCUT2D eigenvalue weighted by Crippen LogP contribution is -2.27. The van der Waals surface area contributed by atoms with Crippen LogP contribution in [0.1, 0.15) is 107 Å². The second kappa shape index (κ2) is 28.9. The number of hydrogen-bond acceptors (Lipinski definition) is 11. The Morgan fingerprint density at radius 1 is 0.839 bits per heavy atom. The molecule has 5 N–H and O–H groups in total. The number of rotatable bonds is 21. The van der Waals surface area contributed by atoms with Gasteiger partial charge in [-0.15, -0.1) is 29.8 Å². The molecule has 0 aliphatic heterocycles. The summed E-state index contributed by atoms with van der Waals surface area (Å²) in [5.74, 6) is 3.36. The first kappa shape index (κ1) is 51.7. The van der Waals surface area contributed by atoms with Crippen molar-refractivity contribution in [1.29, 1.82) is 0 Å². The summed E-state index contributed by atoms with van der Waals surface area (Å²) >= 11 is 0. The van der Waals surface area contributed by atoms with E-state index < -0.39 is 11.7 Å². The molecule has 3 aromatic heterocycles. The number of benzene rings is 2. The quantitative estimate of drug-likeness (QED) is 0.0208. The van der Waals surface area contributed by atoms with E-state index >= 15 is 0 Å². The number of anilines is 2. The zero-order valence-corrected chi connectivity index (χ0v) is 36.9. The highest BCUT2D eigenvalue weighted by Gasteiger charge is 2.20. The Morgan fingerprint density at radius 2 is 1.45 bits per heavy atom. The molecular formula is C45H61ClN12O4. The molecule has 5 rings (SSSR count). The number of halogens is 1. The van der Waals surface area contributed by atoms with E-state index in [-0.39, 0.29) is 36.5 Å².